The number of anilines is 2. The Morgan fingerprint density at radius 2 is 2.03 bits per heavy atom. The number of nitrogens with zero attached hydrogens (tertiary/aromatic N) is 3. The van der Waals surface area contributed by atoms with Crippen molar-refractivity contribution in [3.8, 4) is 10.6 Å². The van der Waals surface area contributed by atoms with Crippen molar-refractivity contribution < 1.29 is 4.79 Å². The number of hydrogen-bond acceptors (Lipinski definition) is 5. The first kappa shape index (κ1) is 18.4. The Kier molecular flexibility index (Phi) is 4.29. The third-order valence-corrected chi connectivity index (χ3v) is 6.30. The lowest BCUT2D eigenvalue weighted by atomic mass is 10.2. The summed E-state index contributed by atoms with van der Waals surface area (Å²) in [5.41, 5.74) is 6.07. The zero-order valence-corrected chi connectivity index (χ0v) is 17.6. The van der Waals surface area contributed by atoms with Gasteiger partial charge < -0.3 is 20.2 Å². The molecule has 0 aliphatic carbocycles. The number of amides is 1. The lowest BCUT2D eigenvalue weighted by Crippen LogP contribution is -2.21. The molecule has 150 valence electrons. The lowest BCUT2D eigenvalue weighted by Gasteiger charge is -2.07. The Balaban J connectivity index is 1.53. The highest BCUT2D eigenvalue weighted by Crippen LogP contribution is 2.37. The van der Waals surface area contributed by atoms with Crippen LogP contribution < -0.4 is 10.6 Å². The summed E-state index contributed by atoms with van der Waals surface area (Å²) in [4.78, 5) is 25.1. The predicted octanol–water partition coefficient (Wildman–Crippen LogP) is 4.59. The molecule has 0 saturated carbocycles. The number of fused-ring (bicyclic) bond motifs is 2. The number of thiophene rings is 1. The average molecular weight is 417 g/mol. The maximum absolute atomic E-state index is 12.0. The Bertz CT molecular complexity index is 1410. The Morgan fingerprint density at radius 3 is 2.87 bits per heavy atom. The summed E-state index contributed by atoms with van der Waals surface area (Å²) >= 11 is 1.63. The van der Waals surface area contributed by atoms with Gasteiger partial charge in [0.05, 0.1) is 32.7 Å². The van der Waals surface area contributed by atoms with Gasteiger partial charge in [-0.25, -0.2) is 4.98 Å². The van der Waals surface area contributed by atoms with E-state index in [9.17, 15) is 4.79 Å². The number of imidazole rings is 1. The third kappa shape index (κ3) is 3.02. The molecule has 5 rings (SSSR count). The van der Waals surface area contributed by atoms with E-state index in [1.54, 1.807) is 35.3 Å². The fourth-order valence-corrected chi connectivity index (χ4v) is 4.76. The van der Waals surface area contributed by atoms with Crippen molar-refractivity contribution in [1.29, 1.82) is 0 Å². The van der Waals surface area contributed by atoms with Gasteiger partial charge in [-0.05, 0) is 43.3 Å². The molecule has 0 unspecified atom stereocenters. The first-order chi connectivity index (χ1) is 14.5. The molecule has 0 aliphatic heterocycles. The number of aryl methyl sites for hydroxylation is 1. The number of H-pyrrole nitrogens is 1. The summed E-state index contributed by atoms with van der Waals surface area (Å²) in [5, 5.41) is 7.32. The fourth-order valence-electron chi connectivity index (χ4n) is 3.63. The van der Waals surface area contributed by atoms with Crippen molar-refractivity contribution in [2.75, 3.05) is 12.4 Å². The van der Waals surface area contributed by atoms with Crippen LogP contribution in [0.2, 0.25) is 0 Å². The predicted molar refractivity (Wildman–Crippen MR) is 122 cm³/mol. The minimum atomic E-state index is -0.208. The van der Waals surface area contributed by atoms with Gasteiger partial charge in [0.2, 0.25) is 0 Å². The molecule has 30 heavy (non-hydrogen) atoms. The van der Waals surface area contributed by atoms with Crippen molar-refractivity contribution in [3.63, 3.8) is 0 Å². The van der Waals surface area contributed by atoms with Crippen LogP contribution in [-0.4, -0.2) is 32.5 Å². The van der Waals surface area contributed by atoms with E-state index < -0.39 is 0 Å². The smallest absolute Gasteiger partial charge is 0.287 e. The van der Waals surface area contributed by atoms with Crippen LogP contribution in [0.5, 0.6) is 0 Å². The van der Waals surface area contributed by atoms with E-state index in [2.05, 4.69) is 56.8 Å². The number of pyridine rings is 1. The number of nitrogens with one attached hydrogen (secondary N) is 3. The highest BCUT2D eigenvalue weighted by Gasteiger charge is 2.17. The first-order valence-electron chi connectivity index (χ1n) is 9.52. The molecule has 7 nitrogen and oxygen atoms in total. The zero-order chi connectivity index (χ0) is 20.8. The number of benzene rings is 1. The molecule has 5 aromatic rings. The summed E-state index contributed by atoms with van der Waals surface area (Å²) in [5.74, 6) is 0.173. The standard InChI is InChI=1S/C22H20N6OS/c1-12-8-13-9-14(4-5-15(13)26-12)27-16-6-7-24-17-10-19(30-20(16)17)18-11-25-21(28(18)3)22(29)23-2/h4-11,26H,1-3H3,(H,23,29)(H,24,27). The van der Waals surface area contributed by atoms with Gasteiger partial charge in [0.1, 0.15) is 0 Å². The number of hydrogen-bond donors (Lipinski definition) is 3. The fraction of sp³-hybridized carbons (Fsp3) is 0.136. The molecular weight excluding hydrogens is 396 g/mol. The Labute approximate surface area is 176 Å². The van der Waals surface area contributed by atoms with E-state index in [0.717, 1.165) is 43.4 Å². The van der Waals surface area contributed by atoms with Crippen LogP contribution in [0.3, 0.4) is 0 Å². The van der Waals surface area contributed by atoms with Crippen molar-refractivity contribution in [2.24, 2.45) is 7.05 Å². The van der Waals surface area contributed by atoms with E-state index in [1.165, 1.54) is 5.39 Å². The minimum absolute atomic E-state index is 0.208. The average Bonchev–Trinajstić information content (AvgIpc) is 3.42. The molecule has 0 radical (unpaired) electrons. The molecule has 0 aliphatic rings. The molecule has 0 saturated heterocycles. The van der Waals surface area contributed by atoms with E-state index >= 15 is 0 Å². The molecule has 4 aromatic heterocycles. The second-order valence-electron chi connectivity index (χ2n) is 7.17. The first-order valence-corrected chi connectivity index (χ1v) is 10.3. The molecule has 0 fully saturated rings. The van der Waals surface area contributed by atoms with Crippen LogP contribution in [0.25, 0.3) is 31.7 Å². The van der Waals surface area contributed by atoms with Gasteiger partial charge in [-0.2, -0.15) is 0 Å². The summed E-state index contributed by atoms with van der Waals surface area (Å²) in [6, 6.07) is 12.4. The van der Waals surface area contributed by atoms with E-state index in [4.69, 9.17) is 0 Å². The second kappa shape index (κ2) is 7.00. The van der Waals surface area contributed by atoms with Crippen LogP contribution >= 0.6 is 11.3 Å². The molecule has 0 bridgehead atoms. The zero-order valence-electron chi connectivity index (χ0n) is 16.8. The normalized spacial score (nSPS) is 11.3. The number of aromatic nitrogens is 4. The number of rotatable bonds is 4. The largest absolute Gasteiger partial charge is 0.359 e. The van der Waals surface area contributed by atoms with Gasteiger partial charge in [0.15, 0.2) is 5.82 Å². The molecule has 8 heteroatoms. The van der Waals surface area contributed by atoms with Crippen molar-refractivity contribution in [2.45, 2.75) is 6.92 Å². The van der Waals surface area contributed by atoms with Gasteiger partial charge in [-0.3, -0.25) is 9.78 Å². The highest BCUT2D eigenvalue weighted by atomic mass is 32.1. The van der Waals surface area contributed by atoms with Gasteiger partial charge in [-0.1, -0.05) is 0 Å². The van der Waals surface area contributed by atoms with E-state index in [0.29, 0.717) is 5.82 Å². The van der Waals surface area contributed by atoms with E-state index in [1.807, 2.05) is 19.2 Å². The molecular formula is C22H20N6OS. The molecule has 0 spiro atoms. The number of carbonyl (C=O) groups is 1. The topological polar surface area (TPSA) is 87.6 Å². The van der Waals surface area contributed by atoms with Crippen molar-refractivity contribution in [1.82, 2.24) is 24.8 Å². The van der Waals surface area contributed by atoms with Gasteiger partial charge in [-0.15, -0.1) is 11.3 Å². The van der Waals surface area contributed by atoms with Gasteiger partial charge >= 0.3 is 0 Å². The Morgan fingerprint density at radius 1 is 1.17 bits per heavy atom. The second-order valence-corrected chi connectivity index (χ2v) is 8.22. The van der Waals surface area contributed by atoms with Crippen LogP contribution in [0, 0.1) is 6.92 Å². The van der Waals surface area contributed by atoms with Crippen LogP contribution in [0.1, 0.15) is 16.3 Å². The Hall–Kier alpha value is -3.65. The van der Waals surface area contributed by atoms with Crippen LogP contribution in [-0.2, 0) is 7.05 Å². The lowest BCUT2D eigenvalue weighted by molar-refractivity contribution is 0.0950. The maximum atomic E-state index is 12.0. The molecule has 3 N–H and O–H groups in total. The van der Waals surface area contributed by atoms with Crippen LogP contribution in [0.15, 0.2) is 48.8 Å². The highest BCUT2D eigenvalue weighted by molar-refractivity contribution is 7.22. The molecule has 4 heterocycles. The SMILES string of the molecule is CNC(=O)c1ncc(-c2cc3nccc(Nc4ccc5[nH]c(C)cc5c4)c3s2)n1C. The monoisotopic (exact) mass is 416 g/mol. The minimum Gasteiger partial charge on any atom is -0.359 e. The number of aromatic amines is 1. The van der Waals surface area contributed by atoms with Gasteiger partial charge in [0.25, 0.3) is 5.91 Å². The summed E-state index contributed by atoms with van der Waals surface area (Å²) in [7, 11) is 3.45. The third-order valence-electron chi connectivity index (χ3n) is 5.12. The summed E-state index contributed by atoms with van der Waals surface area (Å²) in [6.45, 7) is 2.06. The van der Waals surface area contributed by atoms with Gasteiger partial charge in [0, 0.05) is 42.6 Å². The maximum Gasteiger partial charge on any atom is 0.287 e. The van der Waals surface area contributed by atoms with Crippen LogP contribution in [0.4, 0.5) is 11.4 Å². The molecule has 1 amide bonds. The molecule has 1 aromatic carbocycles. The summed E-state index contributed by atoms with van der Waals surface area (Å²) < 4.78 is 2.86. The van der Waals surface area contributed by atoms with E-state index in [-0.39, 0.29) is 5.91 Å². The quantitative estimate of drug-likeness (QED) is 0.400. The van der Waals surface area contributed by atoms with Crippen molar-refractivity contribution in [3.05, 3.63) is 60.3 Å². The summed E-state index contributed by atoms with van der Waals surface area (Å²) in [6.07, 6.45) is 3.53. The molecule has 0 atom stereocenters. The number of carbonyl (C=O) groups excluding carboxylic acids is 1. The van der Waals surface area contributed by atoms with Crippen molar-refractivity contribution >= 4 is 49.7 Å².